The van der Waals surface area contributed by atoms with Gasteiger partial charge in [-0.3, -0.25) is 0 Å². The zero-order valence-corrected chi connectivity index (χ0v) is 9.70. The Bertz CT molecular complexity index is 371. The monoisotopic (exact) mass is 240 g/mol. The molecule has 0 radical (unpaired) electrons. The fourth-order valence-electron chi connectivity index (χ4n) is 1.33. The fourth-order valence-corrected chi connectivity index (χ4v) is 1.33. The first-order valence-electron chi connectivity index (χ1n) is 5.27. The van der Waals surface area contributed by atoms with Gasteiger partial charge < -0.3 is 20.1 Å². The van der Waals surface area contributed by atoms with Gasteiger partial charge in [0.1, 0.15) is 11.9 Å². The summed E-state index contributed by atoms with van der Waals surface area (Å²) in [5.74, 6) is -0.833. The molecular weight excluding hydrogens is 224 g/mol. The Balaban J connectivity index is 2.76. The molecule has 0 amide bonds. The highest BCUT2D eigenvalue weighted by atomic mass is 16.5. The topological polar surface area (TPSA) is 87.0 Å². The number of ether oxygens (including phenoxy) is 1. The summed E-state index contributed by atoms with van der Waals surface area (Å²) in [5.41, 5.74) is 0.330. The van der Waals surface area contributed by atoms with E-state index in [-0.39, 0.29) is 6.10 Å². The molecule has 5 nitrogen and oxygen atoms in total. The SMILES string of the molecule is CC(C)Oc1ccc(C(O)C(O)C(=O)O)cc1. The molecule has 94 valence electrons. The number of hydrogen-bond acceptors (Lipinski definition) is 4. The maximum absolute atomic E-state index is 10.5. The van der Waals surface area contributed by atoms with E-state index in [1.54, 1.807) is 12.1 Å². The lowest BCUT2D eigenvalue weighted by Crippen LogP contribution is -2.27. The molecule has 2 unspecified atom stereocenters. The second-order valence-corrected chi connectivity index (χ2v) is 3.96. The van der Waals surface area contributed by atoms with Crippen LogP contribution in [0.1, 0.15) is 25.5 Å². The van der Waals surface area contributed by atoms with E-state index in [9.17, 15) is 15.0 Å². The first-order chi connectivity index (χ1) is 7.91. The van der Waals surface area contributed by atoms with E-state index in [1.807, 2.05) is 13.8 Å². The van der Waals surface area contributed by atoms with Gasteiger partial charge in [-0.2, -0.15) is 0 Å². The van der Waals surface area contributed by atoms with Gasteiger partial charge in [0.2, 0.25) is 0 Å². The molecular formula is C12H16O5. The molecule has 1 rings (SSSR count). The zero-order valence-electron chi connectivity index (χ0n) is 9.70. The number of rotatable bonds is 5. The average molecular weight is 240 g/mol. The van der Waals surface area contributed by atoms with Crippen molar-refractivity contribution in [2.24, 2.45) is 0 Å². The summed E-state index contributed by atoms with van der Waals surface area (Å²) in [4.78, 5) is 10.5. The Kier molecular flexibility index (Phi) is 4.48. The second kappa shape index (κ2) is 5.65. The van der Waals surface area contributed by atoms with Crippen molar-refractivity contribution in [3.63, 3.8) is 0 Å². The Morgan fingerprint density at radius 2 is 1.71 bits per heavy atom. The van der Waals surface area contributed by atoms with E-state index >= 15 is 0 Å². The number of carboxylic acids is 1. The lowest BCUT2D eigenvalue weighted by molar-refractivity contribution is -0.153. The Hall–Kier alpha value is -1.59. The van der Waals surface area contributed by atoms with Gasteiger partial charge in [0.25, 0.3) is 0 Å². The van der Waals surface area contributed by atoms with Crippen LogP contribution >= 0.6 is 0 Å². The van der Waals surface area contributed by atoms with Crippen LogP contribution in [-0.2, 0) is 4.79 Å². The van der Waals surface area contributed by atoms with Crippen LogP contribution in [0.3, 0.4) is 0 Å². The number of carboxylic acid groups (broad SMARTS) is 1. The molecule has 2 atom stereocenters. The van der Waals surface area contributed by atoms with Gasteiger partial charge in [0, 0.05) is 0 Å². The Labute approximate surface area is 99.3 Å². The van der Waals surface area contributed by atoms with Crippen LogP contribution < -0.4 is 4.74 Å². The molecule has 0 saturated heterocycles. The summed E-state index contributed by atoms with van der Waals surface area (Å²) < 4.78 is 5.40. The molecule has 0 aromatic heterocycles. The predicted octanol–water partition coefficient (Wildman–Crippen LogP) is 0.953. The van der Waals surface area contributed by atoms with E-state index in [0.29, 0.717) is 11.3 Å². The van der Waals surface area contributed by atoms with Crippen molar-refractivity contribution in [1.29, 1.82) is 0 Å². The Morgan fingerprint density at radius 1 is 1.18 bits per heavy atom. The normalized spacial score (nSPS) is 14.4. The smallest absolute Gasteiger partial charge is 0.335 e. The summed E-state index contributed by atoms with van der Waals surface area (Å²) in [5, 5.41) is 27.3. The molecule has 1 aromatic carbocycles. The molecule has 3 N–H and O–H groups in total. The van der Waals surface area contributed by atoms with Crippen LogP contribution in [0, 0.1) is 0 Å². The summed E-state index contributed by atoms with van der Waals surface area (Å²) in [6, 6.07) is 6.28. The fraction of sp³-hybridized carbons (Fsp3) is 0.417. The number of aliphatic hydroxyl groups excluding tert-OH is 2. The van der Waals surface area contributed by atoms with E-state index < -0.39 is 18.2 Å². The number of hydrogen-bond donors (Lipinski definition) is 3. The molecule has 0 fully saturated rings. The largest absolute Gasteiger partial charge is 0.491 e. The molecule has 0 heterocycles. The third-order valence-corrected chi connectivity index (χ3v) is 2.15. The molecule has 1 aromatic rings. The van der Waals surface area contributed by atoms with Crippen molar-refractivity contribution in [2.45, 2.75) is 32.2 Å². The standard InChI is InChI=1S/C12H16O5/c1-7(2)17-9-5-3-8(4-6-9)10(13)11(14)12(15)16/h3-7,10-11,13-14H,1-2H3,(H,15,16). The van der Waals surface area contributed by atoms with Crippen LogP contribution in [0.2, 0.25) is 0 Å². The summed E-state index contributed by atoms with van der Waals surface area (Å²) in [7, 11) is 0. The van der Waals surface area contributed by atoms with E-state index in [1.165, 1.54) is 12.1 Å². The Morgan fingerprint density at radius 3 is 2.12 bits per heavy atom. The van der Waals surface area contributed by atoms with Crippen molar-refractivity contribution in [3.05, 3.63) is 29.8 Å². The van der Waals surface area contributed by atoms with Crippen LogP contribution in [0.5, 0.6) is 5.75 Å². The van der Waals surface area contributed by atoms with Crippen LogP contribution in [-0.4, -0.2) is 33.5 Å². The highest BCUT2D eigenvalue weighted by Crippen LogP contribution is 2.21. The van der Waals surface area contributed by atoms with Gasteiger partial charge in [-0.25, -0.2) is 4.79 Å². The lowest BCUT2D eigenvalue weighted by Gasteiger charge is -2.15. The van der Waals surface area contributed by atoms with Crippen molar-refractivity contribution < 1.29 is 24.9 Å². The van der Waals surface area contributed by atoms with Gasteiger partial charge >= 0.3 is 5.97 Å². The second-order valence-electron chi connectivity index (χ2n) is 3.96. The highest BCUT2D eigenvalue weighted by molar-refractivity contribution is 5.73. The minimum absolute atomic E-state index is 0.0374. The molecule has 0 aliphatic heterocycles. The molecule has 0 bridgehead atoms. The first-order valence-corrected chi connectivity index (χ1v) is 5.27. The maximum Gasteiger partial charge on any atom is 0.335 e. The van der Waals surface area contributed by atoms with Gasteiger partial charge in [-0.15, -0.1) is 0 Å². The van der Waals surface area contributed by atoms with Gasteiger partial charge in [-0.05, 0) is 31.5 Å². The molecule has 0 saturated carbocycles. The summed E-state index contributed by atoms with van der Waals surface area (Å²) >= 11 is 0. The van der Waals surface area contributed by atoms with Crippen molar-refractivity contribution in [3.8, 4) is 5.75 Å². The van der Waals surface area contributed by atoms with Crippen LogP contribution in [0.25, 0.3) is 0 Å². The van der Waals surface area contributed by atoms with Crippen LogP contribution in [0.15, 0.2) is 24.3 Å². The quantitative estimate of drug-likeness (QED) is 0.713. The number of benzene rings is 1. The number of aliphatic hydroxyl groups is 2. The molecule has 5 heteroatoms. The average Bonchev–Trinajstić information content (AvgIpc) is 2.27. The van der Waals surface area contributed by atoms with Gasteiger partial charge in [-0.1, -0.05) is 12.1 Å². The molecule has 0 spiro atoms. The zero-order chi connectivity index (χ0) is 13.0. The van der Waals surface area contributed by atoms with E-state index in [0.717, 1.165) is 0 Å². The highest BCUT2D eigenvalue weighted by Gasteiger charge is 2.24. The molecule has 0 aliphatic rings. The van der Waals surface area contributed by atoms with Crippen molar-refractivity contribution in [2.75, 3.05) is 0 Å². The third kappa shape index (κ3) is 3.72. The van der Waals surface area contributed by atoms with E-state index in [4.69, 9.17) is 9.84 Å². The number of aliphatic carboxylic acids is 1. The molecule has 17 heavy (non-hydrogen) atoms. The van der Waals surface area contributed by atoms with E-state index in [2.05, 4.69) is 0 Å². The minimum atomic E-state index is -1.83. The minimum Gasteiger partial charge on any atom is -0.491 e. The lowest BCUT2D eigenvalue weighted by atomic mass is 10.0. The van der Waals surface area contributed by atoms with Gasteiger partial charge in [0.05, 0.1) is 6.10 Å². The van der Waals surface area contributed by atoms with Crippen molar-refractivity contribution >= 4 is 5.97 Å². The summed E-state index contributed by atoms with van der Waals surface area (Å²) in [6.07, 6.45) is -3.23. The van der Waals surface area contributed by atoms with Gasteiger partial charge in [0.15, 0.2) is 6.10 Å². The van der Waals surface area contributed by atoms with Crippen LogP contribution in [0.4, 0.5) is 0 Å². The predicted molar refractivity (Wildman–Crippen MR) is 60.8 cm³/mol. The summed E-state index contributed by atoms with van der Waals surface area (Å²) in [6.45, 7) is 3.77. The molecule has 0 aliphatic carbocycles. The number of carbonyl (C=O) groups is 1. The first kappa shape index (κ1) is 13.5. The van der Waals surface area contributed by atoms with Crippen molar-refractivity contribution in [1.82, 2.24) is 0 Å². The third-order valence-electron chi connectivity index (χ3n) is 2.15. The maximum atomic E-state index is 10.5.